The fourth-order valence-corrected chi connectivity index (χ4v) is 3.92. The van der Waals surface area contributed by atoms with E-state index in [1.807, 2.05) is 0 Å². The minimum Gasteiger partial charge on any atom is -0.310 e. The van der Waals surface area contributed by atoms with E-state index < -0.39 is 0 Å². The molecule has 2 rings (SSSR count). The average molecular weight is 346 g/mol. The third kappa shape index (κ3) is 4.26. The van der Waals surface area contributed by atoms with E-state index in [1.165, 1.54) is 35.5 Å². The van der Waals surface area contributed by atoms with Crippen LogP contribution in [0.15, 0.2) is 15.9 Å². The Morgan fingerprint density at radius 3 is 2.58 bits per heavy atom. The van der Waals surface area contributed by atoms with Gasteiger partial charge in [0.05, 0.1) is 0 Å². The minimum absolute atomic E-state index is 0.227. The Morgan fingerprint density at radius 2 is 2.00 bits per heavy atom. The Bertz CT molecular complexity index is 397. The average Bonchev–Trinajstić information content (AvgIpc) is 2.75. The molecule has 19 heavy (non-hydrogen) atoms. The van der Waals surface area contributed by atoms with Gasteiger partial charge in [0.1, 0.15) is 0 Å². The van der Waals surface area contributed by atoms with Gasteiger partial charge >= 0.3 is 0 Å². The smallest absolute Gasteiger partial charge is 0.0327 e. The van der Waals surface area contributed by atoms with Crippen molar-refractivity contribution in [3.63, 3.8) is 0 Å². The van der Waals surface area contributed by atoms with Crippen molar-refractivity contribution < 1.29 is 0 Å². The van der Waals surface area contributed by atoms with Crippen LogP contribution < -0.4 is 5.32 Å². The summed E-state index contributed by atoms with van der Waals surface area (Å²) >= 11 is 5.39. The first kappa shape index (κ1) is 15.4. The molecule has 0 spiro atoms. The summed E-state index contributed by atoms with van der Waals surface area (Å²) in [5.41, 5.74) is 0.227. The molecule has 1 aromatic heterocycles. The zero-order valence-corrected chi connectivity index (χ0v) is 14.5. The molecule has 5 heteroatoms. The highest BCUT2D eigenvalue weighted by Crippen LogP contribution is 2.22. The third-order valence-electron chi connectivity index (χ3n) is 3.89. The second kappa shape index (κ2) is 6.68. The maximum Gasteiger partial charge on any atom is 0.0327 e. The topological polar surface area (TPSA) is 18.5 Å². The summed E-state index contributed by atoms with van der Waals surface area (Å²) in [6.07, 6.45) is 0. The van der Waals surface area contributed by atoms with Gasteiger partial charge in [0.15, 0.2) is 0 Å². The molecule has 108 valence electrons. The molecule has 1 aliphatic rings. The van der Waals surface area contributed by atoms with Crippen molar-refractivity contribution in [2.75, 3.05) is 39.8 Å². The van der Waals surface area contributed by atoms with Crippen LogP contribution in [0.4, 0.5) is 0 Å². The SMILES string of the molecule is CN1CCN(C(C)(C)CNCc2sccc2Br)CC1. The van der Waals surface area contributed by atoms with Gasteiger partial charge in [-0.2, -0.15) is 0 Å². The van der Waals surface area contributed by atoms with E-state index in [0.717, 1.165) is 13.1 Å². The zero-order chi connectivity index (χ0) is 13.9. The van der Waals surface area contributed by atoms with Crippen molar-refractivity contribution in [2.45, 2.75) is 25.9 Å². The highest BCUT2D eigenvalue weighted by Gasteiger charge is 2.28. The van der Waals surface area contributed by atoms with Crippen LogP contribution in [0.3, 0.4) is 0 Å². The van der Waals surface area contributed by atoms with Crippen molar-refractivity contribution >= 4 is 27.3 Å². The molecule has 0 amide bonds. The van der Waals surface area contributed by atoms with Crippen LogP contribution in [0, 0.1) is 0 Å². The predicted octanol–water partition coefficient (Wildman–Crippen LogP) is 2.63. The third-order valence-corrected chi connectivity index (χ3v) is 5.82. The molecule has 0 aliphatic carbocycles. The maximum atomic E-state index is 3.60. The first-order valence-electron chi connectivity index (χ1n) is 6.85. The molecule has 3 nitrogen and oxygen atoms in total. The Labute approximate surface area is 129 Å². The standard InChI is InChI=1S/C14H24BrN3S/c1-14(2,18-7-5-17(3)6-8-18)11-16-10-13-12(15)4-9-19-13/h4,9,16H,5-8,10-11H2,1-3H3. The molecule has 1 aromatic rings. The molecular formula is C14H24BrN3S. The van der Waals surface area contributed by atoms with E-state index in [2.05, 4.69) is 63.4 Å². The summed E-state index contributed by atoms with van der Waals surface area (Å²) in [4.78, 5) is 6.39. The van der Waals surface area contributed by atoms with Gasteiger partial charge in [-0.15, -0.1) is 11.3 Å². The molecule has 0 unspecified atom stereocenters. The van der Waals surface area contributed by atoms with Gasteiger partial charge < -0.3 is 10.2 Å². The summed E-state index contributed by atoms with van der Waals surface area (Å²) < 4.78 is 1.22. The number of likely N-dealkylation sites (N-methyl/N-ethyl adjacent to an activating group) is 1. The van der Waals surface area contributed by atoms with Crippen LogP contribution in [0.25, 0.3) is 0 Å². The molecule has 2 heterocycles. The van der Waals surface area contributed by atoms with Crippen LogP contribution in [-0.4, -0.2) is 55.1 Å². The van der Waals surface area contributed by atoms with Crippen molar-refractivity contribution in [3.8, 4) is 0 Å². The molecule has 0 bridgehead atoms. The second-order valence-electron chi connectivity index (χ2n) is 5.90. The van der Waals surface area contributed by atoms with E-state index in [-0.39, 0.29) is 5.54 Å². The number of hydrogen-bond acceptors (Lipinski definition) is 4. The zero-order valence-electron chi connectivity index (χ0n) is 12.1. The first-order valence-corrected chi connectivity index (χ1v) is 8.52. The number of halogens is 1. The largest absolute Gasteiger partial charge is 0.310 e. The highest BCUT2D eigenvalue weighted by molar-refractivity contribution is 9.10. The molecule has 1 saturated heterocycles. The van der Waals surface area contributed by atoms with Gasteiger partial charge in [0.2, 0.25) is 0 Å². The summed E-state index contributed by atoms with van der Waals surface area (Å²) in [6.45, 7) is 11.4. The Hall–Kier alpha value is 0.0600. The lowest BCUT2D eigenvalue weighted by Crippen LogP contribution is -2.57. The molecule has 1 aliphatic heterocycles. The fraction of sp³-hybridized carbons (Fsp3) is 0.714. The minimum atomic E-state index is 0.227. The van der Waals surface area contributed by atoms with Gasteiger partial charge in [0.25, 0.3) is 0 Å². The summed E-state index contributed by atoms with van der Waals surface area (Å²) in [5, 5.41) is 5.73. The van der Waals surface area contributed by atoms with Crippen LogP contribution in [-0.2, 0) is 6.54 Å². The normalized spacial score (nSPS) is 18.9. The molecular weight excluding hydrogens is 322 g/mol. The van der Waals surface area contributed by atoms with Gasteiger partial charge in [-0.05, 0) is 48.3 Å². The maximum absolute atomic E-state index is 3.60. The van der Waals surface area contributed by atoms with Gasteiger partial charge in [-0.1, -0.05) is 0 Å². The molecule has 0 radical (unpaired) electrons. The fourth-order valence-electron chi connectivity index (χ4n) is 2.46. The van der Waals surface area contributed by atoms with E-state index >= 15 is 0 Å². The number of thiophene rings is 1. The lowest BCUT2D eigenvalue weighted by molar-refractivity contribution is 0.0618. The Kier molecular flexibility index (Phi) is 5.43. The lowest BCUT2D eigenvalue weighted by Gasteiger charge is -2.43. The van der Waals surface area contributed by atoms with Crippen molar-refractivity contribution in [2.24, 2.45) is 0 Å². The Morgan fingerprint density at radius 1 is 1.32 bits per heavy atom. The van der Waals surface area contributed by atoms with E-state index in [0.29, 0.717) is 0 Å². The first-order chi connectivity index (χ1) is 8.99. The quantitative estimate of drug-likeness (QED) is 0.884. The van der Waals surface area contributed by atoms with Gasteiger partial charge in [0, 0.05) is 54.2 Å². The number of nitrogens with zero attached hydrogens (tertiary/aromatic N) is 2. The molecule has 0 aromatic carbocycles. The summed E-state index contributed by atoms with van der Waals surface area (Å²) in [5.74, 6) is 0. The van der Waals surface area contributed by atoms with Crippen LogP contribution in [0.5, 0.6) is 0 Å². The van der Waals surface area contributed by atoms with E-state index in [9.17, 15) is 0 Å². The lowest BCUT2D eigenvalue weighted by atomic mass is 10.0. The number of rotatable bonds is 5. The van der Waals surface area contributed by atoms with Gasteiger partial charge in [-0.3, -0.25) is 4.90 Å². The van der Waals surface area contributed by atoms with Crippen molar-refractivity contribution in [1.82, 2.24) is 15.1 Å². The molecule has 0 atom stereocenters. The van der Waals surface area contributed by atoms with Crippen LogP contribution in [0.1, 0.15) is 18.7 Å². The summed E-state index contributed by atoms with van der Waals surface area (Å²) in [6, 6.07) is 2.12. The molecule has 1 N–H and O–H groups in total. The van der Waals surface area contributed by atoms with E-state index in [1.54, 1.807) is 11.3 Å². The second-order valence-corrected chi connectivity index (χ2v) is 7.75. The number of piperazine rings is 1. The highest BCUT2D eigenvalue weighted by atomic mass is 79.9. The van der Waals surface area contributed by atoms with E-state index in [4.69, 9.17) is 0 Å². The van der Waals surface area contributed by atoms with Crippen molar-refractivity contribution in [1.29, 1.82) is 0 Å². The Balaban J connectivity index is 1.79. The monoisotopic (exact) mass is 345 g/mol. The molecule has 1 fully saturated rings. The van der Waals surface area contributed by atoms with Gasteiger partial charge in [-0.25, -0.2) is 0 Å². The number of nitrogens with one attached hydrogen (secondary N) is 1. The van der Waals surface area contributed by atoms with Crippen LogP contribution in [0.2, 0.25) is 0 Å². The predicted molar refractivity (Wildman–Crippen MR) is 86.9 cm³/mol. The number of hydrogen-bond donors (Lipinski definition) is 1. The van der Waals surface area contributed by atoms with Crippen molar-refractivity contribution in [3.05, 3.63) is 20.8 Å². The molecule has 0 saturated carbocycles. The summed E-state index contributed by atoms with van der Waals surface area (Å²) in [7, 11) is 2.21. The van der Waals surface area contributed by atoms with Crippen LogP contribution >= 0.6 is 27.3 Å².